The summed E-state index contributed by atoms with van der Waals surface area (Å²) in [7, 11) is 0. The molecule has 28 heavy (non-hydrogen) atoms. The third kappa shape index (κ3) is 7.07. The molecule has 0 aromatic heterocycles. The Morgan fingerprint density at radius 2 is 1.61 bits per heavy atom. The number of nitrogens with one attached hydrogen (secondary N) is 2. The van der Waals surface area contributed by atoms with Crippen molar-refractivity contribution in [3.05, 3.63) is 29.8 Å². The Morgan fingerprint density at radius 1 is 1.04 bits per heavy atom. The number of amides is 2. The topological polar surface area (TPSA) is 116 Å². The highest BCUT2D eigenvalue weighted by molar-refractivity contribution is 7.81. The second kappa shape index (κ2) is 10.9. The normalized spacial score (nSPS) is 15.4. The standard InChI is InChI=1S/C20H30N2O5S/c1-5-12(4)16(22-19(25)17(28)11(2)3)18(24)21-15(20(26)27)10-13-6-8-14(23)9-7-13/h6-9,11-12,15-17,23,28H,5,10H2,1-4H3,(H,21,24)(H,22,25)(H,26,27)/t12-,15-,16-,17-/m0/s1. The van der Waals surface area contributed by atoms with E-state index in [2.05, 4.69) is 23.3 Å². The number of carbonyl (C=O) groups is 3. The van der Waals surface area contributed by atoms with E-state index in [4.69, 9.17) is 0 Å². The molecule has 0 heterocycles. The van der Waals surface area contributed by atoms with E-state index in [1.54, 1.807) is 12.1 Å². The summed E-state index contributed by atoms with van der Waals surface area (Å²) >= 11 is 4.28. The van der Waals surface area contributed by atoms with Crippen LogP contribution in [0.1, 0.15) is 39.7 Å². The zero-order chi connectivity index (χ0) is 21.4. The van der Waals surface area contributed by atoms with Crippen molar-refractivity contribution in [2.24, 2.45) is 11.8 Å². The quantitative estimate of drug-likeness (QED) is 0.378. The monoisotopic (exact) mass is 410 g/mol. The Bertz CT molecular complexity index is 678. The predicted octanol–water partition coefficient (Wildman–Crippen LogP) is 1.99. The summed E-state index contributed by atoms with van der Waals surface area (Å²) in [6, 6.07) is 4.09. The lowest BCUT2D eigenvalue weighted by atomic mass is 9.96. The zero-order valence-corrected chi connectivity index (χ0v) is 17.6. The van der Waals surface area contributed by atoms with Crippen molar-refractivity contribution in [3.63, 3.8) is 0 Å². The van der Waals surface area contributed by atoms with Crippen LogP contribution in [0.5, 0.6) is 5.75 Å². The van der Waals surface area contributed by atoms with Gasteiger partial charge in [-0.1, -0.05) is 46.2 Å². The number of rotatable bonds is 10. The van der Waals surface area contributed by atoms with Crippen molar-refractivity contribution in [1.29, 1.82) is 0 Å². The van der Waals surface area contributed by atoms with Crippen molar-refractivity contribution in [3.8, 4) is 5.75 Å². The number of thiol groups is 1. The molecule has 0 aliphatic heterocycles. The second-order valence-corrected chi connectivity index (χ2v) is 7.89. The number of benzene rings is 1. The van der Waals surface area contributed by atoms with Gasteiger partial charge in [-0.15, -0.1) is 0 Å². The van der Waals surface area contributed by atoms with Crippen LogP contribution in [0.3, 0.4) is 0 Å². The van der Waals surface area contributed by atoms with Crippen LogP contribution in [0.25, 0.3) is 0 Å². The van der Waals surface area contributed by atoms with E-state index in [9.17, 15) is 24.6 Å². The number of phenols is 1. The van der Waals surface area contributed by atoms with Crippen molar-refractivity contribution >= 4 is 30.4 Å². The SMILES string of the molecule is CC[C@H](C)[C@H](NC(=O)[C@@H](S)C(C)C)C(=O)N[C@@H](Cc1ccc(O)cc1)C(=O)O. The fourth-order valence-corrected chi connectivity index (χ4v) is 2.65. The number of aromatic hydroxyl groups is 1. The third-order valence-electron chi connectivity index (χ3n) is 4.68. The Kier molecular flexibility index (Phi) is 9.31. The summed E-state index contributed by atoms with van der Waals surface area (Å²) in [5.41, 5.74) is 0.657. The number of hydrogen-bond donors (Lipinski definition) is 5. The van der Waals surface area contributed by atoms with Gasteiger partial charge in [-0.3, -0.25) is 9.59 Å². The molecule has 0 saturated carbocycles. The number of carboxylic acid groups (broad SMARTS) is 1. The number of carboxylic acids is 1. The molecular weight excluding hydrogens is 380 g/mol. The second-order valence-electron chi connectivity index (χ2n) is 7.33. The zero-order valence-electron chi connectivity index (χ0n) is 16.7. The number of carbonyl (C=O) groups excluding carboxylic acids is 2. The molecule has 4 N–H and O–H groups in total. The Balaban J connectivity index is 2.91. The number of aliphatic carboxylic acids is 1. The van der Waals surface area contributed by atoms with Crippen LogP contribution >= 0.6 is 12.6 Å². The van der Waals surface area contributed by atoms with Crippen LogP contribution in [-0.4, -0.2) is 45.3 Å². The molecule has 8 heteroatoms. The number of hydrogen-bond acceptors (Lipinski definition) is 5. The molecular formula is C20H30N2O5S. The summed E-state index contributed by atoms with van der Waals surface area (Å²) in [4.78, 5) is 36.8. The van der Waals surface area contributed by atoms with Crippen LogP contribution in [0.2, 0.25) is 0 Å². The maximum atomic E-state index is 12.8. The van der Waals surface area contributed by atoms with Crippen molar-refractivity contribution in [2.45, 2.75) is 57.9 Å². The van der Waals surface area contributed by atoms with E-state index in [1.807, 2.05) is 27.7 Å². The molecule has 7 nitrogen and oxygen atoms in total. The summed E-state index contributed by atoms with van der Waals surface area (Å²) < 4.78 is 0. The number of phenolic OH excluding ortho intramolecular Hbond substituents is 1. The van der Waals surface area contributed by atoms with E-state index in [0.29, 0.717) is 12.0 Å². The lowest BCUT2D eigenvalue weighted by Gasteiger charge is -2.27. The highest BCUT2D eigenvalue weighted by atomic mass is 32.1. The van der Waals surface area contributed by atoms with Gasteiger partial charge >= 0.3 is 5.97 Å². The van der Waals surface area contributed by atoms with Crippen molar-refractivity contribution < 1.29 is 24.6 Å². The lowest BCUT2D eigenvalue weighted by molar-refractivity contribution is -0.142. The Morgan fingerprint density at radius 3 is 2.07 bits per heavy atom. The van der Waals surface area contributed by atoms with Crippen LogP contribution in [-0.2, 0) is 20.8 Å². The fourth-order valence-electron chi connectivity index (χ4n) is 2.57. The van der Waals surface area contributed by atoms with Crippen LogP contribution in [0.4, 0.5) is 0 Å². The smallest absolute Gasteiger partial charge is 0.326 e. The highest BCUT2D eigenvalue weighted by Gasteiger charge is 2.31. The van der Waals surface area contributed by atoms with Crippen molar-refractivity contribution in [2.75, 3.05) is 0 Å². The van der Waals surface area contributed by atoms with Gasteiger partial charge in [-0.25, -0.2) is 4.79 Å². The fraction of sp³-hybridized carbons (Fsp3) is 0.550. The molecule has 0 fully saturated rings. The van der Waals surface area contributed by atoms with E-state index in [1.165, 1.54) is 12.1 Å². The first kappa shape index (κ1) is 23.8. The van der Waals surface area contributed by atoms with Gasteiger partial charge in [0.2, 0.25) is 11.8 Å². The minimum absolute atomic E-state index is 0.00904. The maximum absolute atomic E-state index is 12.8. The van der Waals surface area contributed by atoms with Crippen LogP contribution < -0.4 is 10.6 Å². The first-order chi connectivity index (χ1) is 13.1. The van der Waals surface area contributed by atoms with E-state index < -0.39 is 29.2 Å². The Labute approximate surface area is 171 Å². The molecule has 0 saturated heterocycles. The largest absolute Gasteiger partial charge is 0.508 e. The molecule has 0 unspecified atom stereocenters. The molecule has 2 amide bonds. The van der Waals surface area contributed by atoms with Gasteiger partial charge in [0.15, 0.2) is 0 Å². The van der Waals surface area contributed by atoms with E-state index >= 15 is 0 Å². The highest BCUT2D eigenvalue weighted by Crippen LogP contribution is 2.14. The van der Waals surface area contributed by atoms with E-state index in [0.717, 1.165) is 0 Å². The van der Waals surface area contributed by atoms with Crippen LogP contribution in [0.15, 0.2) is 24.3 Å². The minimum Gasteiger partial charge on any atom is -0.508 e. The molecule has 1 aromatic carbocycles. The van der Waals surface area contributed by atoms with Gasteiger partial charge in [0.25, 0.3) is 0 Å². The molecule has 0 spiro atoms. The van der Waals surface area contributed by atoms with Gasteiger partial charge in [0, 0.05) is 6.42 Å². The summed E-state index contributed by atoms with van der Waals surface area (Å²) in [6.07, 6.45) is 0.691. The van der Waals surface area contributed by atoms with E-state index in [-0.39, 0.29) is 29.9 Å². The molecule has 4 atom stereocenters. The van der Waals surface area contributed by atoms with Gasteiger partial charge in [-0.2, -0.15) is 12.6 Å². The molecule has 1 aromatic rings. The first-order valence-corrected chi connectivity index (χ1v) is 9.87. The van der Waals surface area contributed by atoms with Gasteiger partial charge in [-0.05, 0) is 29.5 Å². The van der Waals surface area contributed by atoms with Gasteiger partial charge in [0.1, 0.15) is 17.8 Å². The Hall–Kier alpha value is -2.22. The molecule has 1 rings (SSSR count). The first-order valence-electron chi connectivity index (χ1n) is 9.36. The van der Waals surface area contributed by atoms with Gasteiger partial charge in [0.05, 0.1) is 5.25 Å². The molecule has 0 radical (unpaired) electrons. The third-order valence-corrected chi connectivity index (χ3v) is 5.51. The molecule has 156 valence electrons. The van der Waals surface area contributed by atoms with Crippen LogP contribution in [0, 0.1) is 11.8 Å². The molecule has 0 aliphatic rings. The minimum atomic E-state index is -1.18. The maximum Gasteiger partial charge on any atom is 0.326 e. The lowest BCUT2D eigenvalue weighted by Crippen LogP contribution is -2.56. The van der Waals surface area contributed by atoms with Gasteiger partial charge < -0.3 is 20.8 Å². The average Bonchev–Trinajstić information content (AvgIpc) is 2.65. The summed E-state index contributed by atoms with van der Waals surface area (Å²) in [5.74, 6) is -2.19. The predicted molar refractivity (Wildman–Crippen MR) is 110 cm³/mol. The summed E-state index contributed by atoms with van der Waals surface area (Å²) in [5, 5.41) is 23.5. The average molecular weight is 411 g/mol. The molecule has 0 bridgehead atoms. The summed E-state index contributed by atoms with van der Waals surface area (Å²) in [6.45, 7) is 7.42. The molecule has 0 aliphatic carbocycles. The van der Waals surface area contributed by atoms with Crippen molar-refractivity contribution in [1.82, 2.24) is 10.6 Å².